The highest BCUT2D eigenvalue weighted by atomic mass is 32.1. The summed E-state index contributed by atoms with van der Waals surface area (Å²) in [5, 5.41) is 2.51. The first kappa shape index (κ1) is 10.4. The van der Waals surface area contributed by atoms with Gasteiger partial charge in [-0.05, 0) is 0 Å². The normalized spacial score (nSPS) is 17.1. The van der Waals surface area contributed by atoms with Gasteiger partial charge in [0.05, 0.1) is 12.3 Å². The lowest BCUT2D eigenvalue weighted by Gasteiger charge is -2.26. The summed E-state index contributed by atoms with van der Waals surface area (Å²) in [6, 6.07) is 0. The second-order valence-corrected chi connectivity index (χ2v) is 4.25. The number of aromatic nitrogens is 1. The summed E-state index contributed by atoms with van der Waals surface area (Å²) < 4.78 is 5.04. The van der Waals surface area contributed by atoms with Gasteiger partial charge in [0.25, 0.3) is 0 Å². The van der Waals surface area contributed by atoms with Crippen LogP contribution in [0.25, 0.3) is 0 Å². The third-order valence-electron chi connectivity index (χ3n) is 2.29. The van der Waals surface area contributed by atoms with Gasteiger partial charge in [-0.1, -0.05) is 0 Å². The maximum Gasteiger partial charge on any atom is 0.248 e. The van der Waals surface area contributed by atoms with E-state index in [0.717, 1.165) is 12.1 Å². The third-order valence-corrected chi connectivity index (χ3v) is 3.01. The van der Waals surface area contributed by atoms with Crippen molar-refractivity contribution >= 4 is 22.4 Å². The molecule has 2 heterocycles. The largest absolute Gasteiger partial charge is 0.375 e. The number of thiazole rings is 1. The van der Waals surface area contributed by atoms with Gasteiger partial charge in [0.1, 0.15) is 6.61 Å². The second-order valence-electron chi connectivity index (χ2n) is 3.36. The molecular formula is C9H13N3O2S. The van der Waals surface area contributed by atoms with E-state index in [1.54, 1.807) is 4.90 Å². The van der Waals surface area contributed by atoms with Crippen LogP contribution in [0.4, 0.5) is 5.13 Å². The highest BCUT2D eigenvalue weighted by Gasteiger charge is 2.18. The Morgan fingerprint density at radius 2 is 2.53 bits per heavy atom. The molecule has 0 aliphatic carbocycles. The molecule has 1 saturated heterocycles. The molecule has 2 rings (SSSR count). The van der Waals surface area contributed by atoms with Crippen LogP contribution in [0.5, 0.6) is 0 Å². The number of morpholine rings is 1. The van der Waals surface area contributed by atoms with Crippen molar-refractivity contribution in [2.24, 2.45) is 0 Å². The number of anilines is 1. The zero-order chi connectivity index (χ0) is 10.7. The summed E-state index contributed by atoms with van der Waals surface area (Å²) >= 11 is 1.43. The van der Waals surface area contributed by atoms with Gasteiger partial charge in [-0.2, -0.15) is 0 Å². The topological polar surface area (TPSA) is 68.4 Å². The van der Waals surface area contributed by atoms with E-state index in [2.05, 4.69) is 4.98 Å². The lowest BCUT2D eigenvalue weighted by Crippen LogP contribution is -2.42. The fraction of sp³-hybridized carbons (Fsp3) is 0.556. The van der Waals surface area contributed by atoms with Gasteiger partial charge >= 0.3 is 0 Å². The smallest absolute Gasteiger partial charge is 0.248 e. The van der Waals surface area contributed by atoms with E-state index < -0.39 is 0 Å². The highest BCUT2D eigenvalue weighted by molar-refractivity contribution is 7.13. The predicted octanol–water partition coefficient (Wildman–Crippen LogP) is 0.127. The van der Waals surface area contributed by atoms with Gasteiger partial charge in [0, 0.05) is 24.9 Å². The molecule has 2 N–H and O–H groups in total. The molecule has 1 amide bonds. The molecule has 15 heavy (non-hydrogen) atoms. The standard InChI is InChI=1S/C9H13N3O2S/c10-9-11-7(6-15-9)1-2-12-3-4-14-5-8(12)13/h6H,1-5H2,(H2,10,11). The number of nitrogens with two attached hydrogens (primary N) is 1. The number of ether oxygens (including phenoxy) is 1. The third kappa shape index (κ3) is 2.66. The fourth-order valence-corrected chi connectivity index (χ4v) is 2.07. The molecule has 0 saturated carbocycles. The molecule has 82 valence electrons. The molecule has 5 nitrogen and oxygen atoms in total. The second kappa shape index (κ2) is 4.59. The summed E-state index contributed by atoms with van der Waals surface area (Å²) in [6.45, 7) is 2.22. The molecule has 0 aromatic carbocycles. The van der Waals surface area contributed by atoms with Crippen molar-refractivity contribution in [2.75, 3.05) is 32.0 Å². The van der Waals surface area contributed by atoms with E-state index in [0.29, 0.717) is 24.8 Å². The van der Waals surface area contributed by atoms with E-state index in [4.69, 9.17) is 10.5 Å². The Labute approximate surface area is 91.9 Å². The molecule has 1 aliphatic heterocycles. The Bertz CT molecular complexity index is 353. The summed E-state index contributed by atoms with van der Waals surface area (Å²) in [4.78, 5) is 17.3. The van der Waals surface area contributed by atoms with Gasteiger partial charge in [-0.3, -0.25) is 4.79 Å². The van der Waals surface area contributed by atoms with Crippen LogP contribution in [0, 0.1) is 0 Å². The van der Waals surface area contributed by atoms with Crippen LogP contribution in [0.2, 0.25) is 0 Å². The van der Waals surface area contributed by atoms with Gasteiger partial charge in [0.2, 0.25) is 5.91 Å². The molecule has 1 fully saturated rings. The minimum Gasteiger partial charge on any atom is -0.375 e. The van der Waals surface area contributed by atoms with Crippen molar-refractivity contribution in [3.63, 3.8) is 0 Å². The average Bonchev–Trinajstić information content (AvgIpc) is 2.63. The monoisotopic (exact) mass is 227 g/mol. The molecule has 0 atom stereocenters. The predicted molar refractivity (Wildman–Crippen MR) is 57.6 cm³/mol. The molecule has 0 spiro atoms. The number of hydrogen-bond donors (Lipinski definition) is 1. The van der Waals surface area contributed by atoms with E-state index in [-0.39, 0.29) is 12.5 Å². The van der Waals surface area contributed by atoms with E-state index in [9.17, 15) is 4.79 Å². The van der Waals surface area contributed by atoms with E-state index >= 15 is 0 Å². The van der Waals surface area contributed by atoms with Gasteiger partial charge in [0.15, 0.2) is 5.13 Å². The first-order valence-corrected chi connectivity index (χ1v) is 5.69. The fourth-order valence-electron chi connectivity index (χ4n) is 1.47. The van der Waals surface area contributed by atoms with Crippen LogP contribution >= 0.6 is 11.3 Å². The summed E-state index contributed by atoms with van der Waals surface area (Å²) in [7, 11) is 0. The number of nitrogens with zero attached hydrogens (tertiary/aromatic N) is 2. The number of rotatable bonds is 3. The molecule has 1 aliphatic rings. The molecule has 1 aromatic rings. The lowest BCUT2D eigenvalue weighted by atomic mass is 10.3. The van der Waals surface area contributed by atoms with Crippen LogP contribution in [0.1, 0.15) is 5.69 Å². The number of hydrogen-bond acceptors (Lipinski definition) is 5. The summed E-state index contributed by atoms with van der Waals surface area (Å²) in [5.74, 6) is 0.0597. The molecule has 0 bridgehead atoms. The minimum atomic E-state index is 0.0597. The van der Waals surface area contributed by atoms with Crippen molar-refractivity contribution in [2.45, 2.75) is 6.42 Å². The van der Waals surface area contributed by atoms with Gasteiger partial charge < -0.3 is 15.4 Å². The Kier molecular flexibility index (Phi) is 3.17. The van der Waals surface area contributed by atoms with E-state index in [1.165, 1.54) is 11.3 Å². The van der Waals surface area contributed by atoms with Crippen molar-refractivity contribution in [3.8, 4) is 0 Å². The molecule has 6 heteroatoms. The minimum absolute atomic E-state index is 0.0597. The summed E-state index contributed by atoms with van der Waals surface area (Å²) in [6.07, 6.45) is 0.763. The zero-order valence-electron chi connectivity index (χ0n) is 8.31. The van der Waals surface area contributed by atoms with Crippen molar-refractivity contribution < 1.29 is 9.53 Å². The maximum absolute atomic E-state index is 11.4. The van der Waals surface area contributed by atoms with Crippen LogP contribution in [-0.2, 0) is 16.0 Å². The lowest BCUT2D eigenvalue weighted by molar-refractivity contribution is -0.142. The summed E-state index contributed by atoms with van der Waals surface area (Å²) in [5.41, 5.74) is 6.48. The van der Waals surface area contributed by atoms with Crippen LogP contribution in [0.3, 0.4) is 0 Å². The first-order valence-electron chi connectivity index (χ1n) is 4.81. The van der Waals surface area contributed by atoms with Crippen LogP contribution in [-0.4, -0.2) is 42.1 Å². The Morgan fingerprint density at radius 1 is 1.67 bits per heavy atom. The molecular weight excluding hydrogens is 214 g/mol. The Morgan fingerprint density at radius 3 is 3.20 bits per heavy atom. The number of carbonyl (C=O) groups excluding carboxylic acids is 1. The highest BCUT2D eigenvalue weighted by Crippen LogP contribution is 2.12. The van der Waals surface area contributed by atoms with E-state index in [1.807, 2.05) is 5.38 Å². The quantitative estimate of drug-likeness (QED) is 0.796. The Hall–Kier alpha value is -1.14. The maximum atomic E-state index is 11.4. The Balaban J connectivity index is 1.84. The number of carbonyl (C=O) groups is 1. The molecule has 0 radical (unpaired) electrons. The van der Waals surface area contributed by atoms with Crippen LogP contribution in [0.15, 0.2) is 5.38 Å². The van der Waals surface area contributed by atoms with Gasteiger partial charge in [-0.25, -0.2) is 4.98 Å². The average molecular weight is 227 g/mol. The SMILES string of the molecule is Nc1nc(CCN2CCOCC2=O)cs1. The molecule has 0 unspecified atom stereocenters. The van der Waals surface area contributed by atoms with Crippen LogP contribution < -0.4 is 5.73 Å². The van der Waals surface area contributed by atoms with Crippen molar-refractivity contribution in [3.05, 3.63) is 11.1 Å². The first-order chi connectivity index (χ1) is 7.25. The van der Waals surface area contributed by atoms with Gasteiger partial charge in [-0.15, -0.1) is 11.3 Å². The van der Waals surface area contributed by atoms with Crippen molar-refractivity contribution in [1.82, 2.24) is 9.88 Å². The number of nitrogen functional groups attached to an aromatic ring is 1. The number of amides is 1. The van der Waals surface area contributed by atoms with Crippen molar-refractivity contribution in [1.29, 1.82) is 0 Å². The molecule has 1 aromatic heterocycles. The zero-order valence-corrected chi connectivity index (χ0v) is 9.13.